The monoisotopic (exact) mass is 341 g/mol. The molecule has 126 valence electrons. The van der Waals surface area contributed by atoms with Gasteiger partial charge in [0.15, 0.2) is 5.11 Å². The number of hydrogen-bond acceptors (Lipinski definition) is 3. The summed E-state index contributed by atoms with van der Waals surface area (Å²) in [6, 6.07) is 17.9. The molecular formula is C19H23N3OS. The number of thiocarbonyl (C=S) groups is 1. The Bertz CT molecular complexity index is 641. The van der Waals surface area contributed by atoms with Crippen molar-refractivity contribution in [1.29, 1.82) is 0 Å². The highest BCUT2D eigenvalue weighted by Crippen LogP contribution is 2.13. The van der Waals surface area contributed by atoms with E-state index < -0.39 is 0 Å². The Balaban J connectivity index is 1.75. The van der Waals surface area contributed by atoms with Gasteiger partial charge in [0.05, 0.1) is 6.21 Å². The third-order valence-corrected chi connectivity index (χ3v) is 3.56. The molecule has 2 rings (SSSR count). The lowest BCUT2D eigenvalue weighted by Gasteiger charge is -2.07. The topological polar surface area (TPSA) is 45.7 Å². The van der Waals surface area contributed by atoms with Gasteiger partial charge in [-0.2, -0.15) is 5.10 Å². The molecule has 2 aromatic carbocycles. The quantitative estimate of drug-likeness (QED) is 0.331. The fraction of sp³-hybridized carbons (Fsp3) is 0.263. The molecule has 0 atom stereocenters. The lowest BCUT2D eigenvalue weighted by Crippen LogP contribution is -2.32. The van der Waals surface area contributed by atoms with Crippen LogP contribution in [0.25, 0.3) is 0 Å². The Morgan fingerprint density at radius 3 is 2.58 bits per heavy atom. The van der Waals surface area contributed by atoms with Crippen molar-refractivity contribution in [3.05, 3.63) is 65.7 Å². The van der Waals surface area contributed by atoms with Crippen LogP contribution in [-0.4, -0.2) is 17.9 Å². The van der Waals surface area contributed by atoms with E-state index in [1.165, 1.54) is 0 Å². The second kappa shape index (κ2) is 10.4. The van der Waals surface area contributed by atoms with Gasteiger partial charge in [0.2, 0.25) is 0 Å². The number of nitrogens with one attached hydrogen (secondary N) is 2. The third kappa shape index (κ3) is 6.79. The number of hydrogen-bond donors (Lipinski definition) is 2. The predicted octanol–water partition coefficient (Wildman–Crippen LogP) is 3.86. The average molecular weight is 341 g/mol. The van der Waals surface area contributed by atoms with Crippen LogP contribution in [0.2, 0.25) is 0 Å². The Kier molecular flexibility index (Phi) is 7.77. The average Bonchev–Trinajstić information content (AvgIpc) is 2.62. The summed E-state index contributed by atoms with van der Waals surface area (Å²) in [6.45, 7) is 3.57. The molecule has 0 aliphatic rings. The van der Waals surface area contributed by atoms with E-state index in [9.17, 15) is 0 Å². The number of benzene rings is 2. The maximum absolute atomic E-state index is 5.75. The van der Waals surface area contributed by atoms with Crippen LogP contribution in [0, 0.1) is 0 Å². The van der Waals surface area contributed by atoms with E-state index in [1.54, 1.807) is 6.21 Å². The molecule has 0 radical (unpaired) electrons. The first kappa shape index (κ1) is 17.9. The fourth-order valence-electron chi connectivity index (χ4n) is 1.97. The zero-order valence-electron chi connectivity index (χ0n) is 13.9. The van der Waals surface area contributed by atoms with Crippen molar-refractivity contribution in [2.45, 2.75) is 26.4 Å². The molecule has 4 nitrogen and oxygen atoms in total. The smallest absolute Gasteiger partial charge is 0.186 e. The van der Waals surface area contributed by atoms with Gasteiger partial charge in [-0.1, -0.05) is 43.7 Å². The van der Waals surface area contributed by atoms with Crippen LogP contribution in [0.5, 0.6) is 5.75 Å². The lowest BCUT2D eigenvalue weighted by molar-refractivity contribution is 0.306. The van der Waals surface area contributed by atoms with Gasteiger partial charge in [0.25, 0.3) is 0 Å². The Labute approximate surface area is 148 Å². The maximum atomic E-state index is 5.75. The molecule has 0 heterocycles. The van der Waals surface area contributed by atoms with Gasteiger partial charge in [0.1, 0.15) is 12.4 Å². The highest BCUT2D eigenvalue weighted by Gasteiger charge is 1.96. The number of ether oxygens (including phenoxy) is 1. The molecule has 0 saturated carbocycles. The van der Waals surface area contributed by atoms with Crippen LogP contribution in [0.4, 0.5) is 0 Å². The summed E-state index contributed by atoms with van der Waals surface area (Å²) < 4.78 is 5.75. The van der Waals surface area contributed by atoms with Crippen molar-refractivity contribution < 1.29 is 4.74 Å². The number of hydrazone groups is 1. The van der Waals surface area contributed by atoms with Gasteiger partial charge in [-0.25, -0.2) is 0 Å². The van der Waals surface area contributed by atoms with Crippen molar-refractivity contribution in [1.82, 2.24) is 10.7 Å². The van der Waals surface area contributed by atoms with Crippen molar-refractivity contribution in [2.24, 2.45) is 5.10 Å². The van der Waals surface area contributed by atoms with E-state index in [0.717, 1.165) is 36.3 Å². The van der Waals surface area contributed by atoms with Crippen LogP contribution in [-0.2, 0) is 6.61 Å². The molecule has 0 fully saturated rings. The van der Waals surface area contributed by atoms with Crippen molar-refractivity contribution in [3.8, 4) is 5.75 Å². The molecule has 0 spiro atoms. The van der Waals surface area contributed by atoms with Crippen molar-refractivity contribution >= 4 is 23.5 Å². The van der Waals surface area contributed by atoms with E-state index in [2.05, 4.69) is 22.8 Å². The largest absolute Gasteiger partial charge is 0.489 e. The molecule has 0 aliphatic heterocycles. The summed E-state index contributed by atoms with van der Waals surface area (Å²) in [5.74, 6) is 0.834. The van der Waals surface area contributed by atoms with E-state index in [1.807, 2.05) is 54.6 Å². The van der Waals surface area contributed by atoms with Crippen LogP contribution in [0.15, 0.2) is 59.7 Å². The Morgan fingerprint density at radius 2 is 1.88 bits per heavy atom. The van der Waals surface area contributed by atoms with Gasteiger partial charge in [-0.05, 0) is 54.0 Å². The predicted molar refractivity (Wildman–Crippen MR) is 103 cm³/mol. The van der Waals surface area contributed by atoms with Gasteiger partial charge < -0.3 is 10.1 Å². The standard InChI is InChI=1S/C19H23N3OS/c1-2-3-13-20-19(24)22-21-14-16-9-11-18(12-10-16)23-15-17-7-5-4-6-8-17/h4-12,14H,2-3,13,15H2,1H3,(H2,20,22,24). The Morgan fingerprint density at radius 1 is 1.12 bits per heavy atom. The van der Waals surface area contributed by atoms with Crippen molar-refractivity contribution in [2.75, 3.05) is 6.54 Å². The van der Waals surface area contributed by atoms with Gasteiger partial charge in [0, 0.05) is 6.54 Å². The van der Waals surface area contributed by atoms with Crippen LogP contribution < -0.4 is 15.5 Å². The molecule has 2 aromatic rings. The number of unbranched alkanes of at least 4 members (excludes halogenated alkanes) is 1. The zero-order valence-corrected chi connectivity index (χ0v) is 14.7. The van der Waals surface area contributed by atoms with E-state index >= 15 is 0 Å². The maximum Gasteiger partial charge on any atom is 0.186 e. The van der Waals surface area contributed by atoms with E-state index in [-0.39, 0.29) is 0 Å². The first-order valence-corrected chi connectivity index (χ1v) is 8.52. The number of nitrogens with zero attached hydrogens (tertiary/aromatic N) is 1. The molecule has 0 saturated heterocycles. The number of rotatable bonds is 8. The molecule has 2 N–H and O–H groups in total. The summed E-state index contributed by atoms with van der Waals surface area (Å²) in [5.41, 5.74) is 4.94. The molecule has 0 aliphatic carbocycles. The summed E-state index contributed by atoms with van der Waals surface area (Å²) in [4.78, 5) is 0. The highest BCUT2D eigenvalue weighted by atomic mass is 32.1. The van der Waals surface area contributed by atoms with Gasteiger partial charge in [-0.15, -0.1) is 0 Å². The van der Waals surface area contributed by atoms with E-state index in [4.69, 9.17) is 17.0 Å². The summed E-state index contributed by atoms with van der Waals surface area (Å²) in [6.07, 6.45) is 3.96. The summed E-state index contributed by atoms with van der Waals surface area (Å²) in [5, 5.41) is 7.77. The molecule has 0 amide bonds. The molecule has 5 heteroatoms. The Hall–Kier alpha value is -2.40. The zero-order chi connectivity index (χ0) is 17.0. The molecule has 0 aromatic heterocycles. The second-order valence-corrected chi connectivity index (χ2v) is 5.73. The van der Waals surface area contributed by atoms with Gasteiger partial charge in [-0.3, -0.25) is 5.43 Å². The molecular weight excluding hydrogens is 318 g/mol. The van der Waals surface area contributed by atoms with Crippen LogP contribution in [0.1, 0.15) is 30.9 Å². The minimum Gasteiger partial charge on any atom is -0.489 e. The first-order valence-electron chi connectivity index (χ1n) is 8.11. The fourth-order valence-corrected chi connectivity index (χ4v) is 2.13. The highest BCUT2D eigenvalue weighted by molar-refractivity contribution is 7.80. The molecule has 24 heavy (non-hydrogen) atoms. The van der Waals surface area contributed by atoms with E-state index in [0.29, 0.717) is 11.7 Å². The van der Waals surface area contributed by atoms with Crippen LogP contribution in [0.3, 0.4) is 0 Å². The second-order valence-electron chi connectivity index (χ2n) is 5.32. The lowest BCUT2D eigenvalue weighted by atomic mass is 10.2. The summed E-state index contributed by atoms with van der Waals surface area (Å²) in [7, 11) is 0. The molecule has 0 bridgehead atoms. The summed E-state index contributed by atoms with van der Waals surface area (Å²) >= 11 is 5.13. The molecule has 0 unspecified atom stereocenters. The van der Waals surface area contributed by atoms with Crippen LogP contribution >= 0.6 is 12.2 Å². The first-order chi connectivity index (χ1) is 11.8. The minimum absolute atomic E-state index is 0.544. The third-order valence-electron chi connectivity index (χ3n) is 3.32. The minimum atomic E-state index is 0.544. The SMILES string of the molecule is CCCCNC(=S)NN=Cc1ccc(OCc2ccccc2)cc1. The van der Waals surface area contributed by atoms with Gasteiger partial charge >= 0.3 is 0 Å². The van der Waals surface area contributed by atoms with Crippen molar-refractivity contribution in [3.63, 3.8) is 0 Å². The normalized spacial score (nSPS) is 10.5.